The number of fused-ring (bicyclic) bond motifs is 1. The van der Waals surface area contributed by atoms with Gasteiger partial charge >= 0.3 is 0 Å². The zero-order valence-corrected chi connectivity index (χ0v) is 17.9. The Kier molecular flexibility index (Phi) is 5.70. The van der Waals surface area contributed by atoms with Crippen molar-refractivity contribution in [2.24, 2.45) is 0 Å². The van der Waals surface area contributed by atoms with Crippen molar-refractivity contribution in [1.82, 2.24) is 15.5 Å². The van der Waals surface area contributed by atoms with Gasteiger partial charge in [0.15, 0.2) is 23.0 Å². The molecule has 0 fully saturated rings. The maximum absolute atomic E-state index is 13.1. The summed E-state index contributed by atoms with van der Waals surface area (Å²) in [5.74, 6) is 2.33. The van der Waals surface area contributed by atoms with Gasteiger partial charge in [0.05, 0.1) is 51.9 Å². The third-order valence-corrected chi connectivity index (χ3v) is 5.58. The van der Waals surface area contributed by atoms with E-state index in [1.807, 2.05) is 24.3 Å². The molecule has 1 amide bonds. The number of rotatable bonds is 7. The van der Waals surface area contributed by atoms with E-state index in [-0.39, 0.29) is 11.9 Å². The Balaban J connectivity index is 1.60. The van der Waals surface area contributed by atoms with Crippen LogP contribution in [0.5, 0.6) is 23.0 Å². The Morgan fingerprint density at radius 3 is 2.35 bits per heavy atom. The van der Waals surface area contributed by atoms with E-state index < -0.39 is 0 Å². The molecule has 0 saturated heterocycles. The number of amides is 1. The van der Waals surface area contributed by atoms with Gasteiger partial charge < -0.3 is 24.3 Å². The molecule has 0 bridgehead atoms. The van der Waals surface area contributed by atoms with E-state index in [2.05, 4.69) is 15.5 Å². The minimum atomic E-state index is -0.203. The van der Waals surface area contributed by atoms with Crippen LogP contribution in [0.4, 0.5) is 0 Å². The topological polar surface area (TPSA) is 94.7 Å². The largest absolute Gasteiger partial charge is 0.493 e. The monoisotopic (exact) mass is 423 g/mol. The van der Waals surface area contributed by atoms with Gasteiger partial charge in [-0.3, -0.25) is 9.89 Å². The van der Waals surface area contributed by atoms with Crippen molar-refractivity contribution in [3.63, 3.8) is 0 Å². The van der Waals surface area contributed by atoms with Crippen molar-refractivity contribution in [2.45, 2.75) is 18.9 Å². The molecular formula is C23H25N3O5. The molecule has 2 N–H and O–H groups in total. The van der Waals surface area contributed by atoms with E-state index >= 15 is 0 Å². The van der Waals surface area contributed by atoms with Crippen LogP contribution >= 0.6 is 0 Å². The van der Waals surface area contributed by atoms with Gasteiger partial charge in [-0.1, -0.05) is 0 Å². The lowest BCUT2D eigenvalue weighted by molar-refractivity contribution is 0.0937. The zero-order chi connectivity index (χ0) is 22.0. The highest BCUT2D eigenvalue weighted by molar-refractivity contribution is 6.00. The highest BCUT2D eigenvalue weighted by Crippen LogP contribution is 2.39. The summed E-state index contributed by atoms with van der Waals surface area (Å²) in [6.07, 6.45) is 3.20. The second kappa shape index (κ2) is 8.59. The lowest BCUT2D eigenvalue weighted by Gasteiger charge is -2.16. The van der Waals surface area contributed by atoms with Crippen LogP contribution in [-0.2, 0) is 6.42 Å². The van der Waals surface area contributed by atoms with Crippen LogP contribution in [0.25, 0.3) is 11.3 Å². The van der Waals surface area contributed by atoms with Gasteiger partial charge in [-0.2, -0.15) is 5.10 Å². The minimum Gasteiger partial charge on any atom is -0.493 e. The number of aryl methyl sites for hydroxylation is 1. The summed E-state index contributed by atoms with van der Waals surface area (Å²) in [5.41, 5.74) is 4.04. The third-order valence-electron chi connectivity index (χ3n) is 5.58. The number of aromatic amines is 1. The summed E-state index contributed by atoms with van der Waals surface area (Å²) in [5, 5.41) is 10.2. The average molecular weight is 423 g/mol. The number of methoxy groups -OCH3 is 4. The number of carbonyl (C=O) groups is 1. The first kappa shape index (κ1) is 20.6. The van der Waals surface area contributed by atoms with Crippen molar-refractivity contribution in [2.75, 3.05) is 28.4 Å². The predicted molar refractivity (Wildman–Crippen MR) is 115 cm³/mol. The van der Waals surface area contributed by atoms with E-state index in [0.29, 0.717) is 34.3 Å². The molecule has 0 aliphatic heterocycles. The van der Waals surface area contributed by atoms with Gasteiger partial charge in [-0.25, -0.2) is 0 Å². The Hall–Kier alpha value is -3.68. The summed E-state index contributed by atoms with van der Waals surface area (Å²) < 4.78 is 21.5. The smallest absolute Gasteiger partial charge is 0.255 e. The first-order chi connectivity index (χ1) is 15.1. The highest BCUT2D eigenvalue weighted by atomic mass is 16.5. The van der Waals surface area contributed by atoms with Crippen LogP contribution in [0.3, 0.4) is 0 Å². The summed E-state index contributed by atoms with van der Waals surface area (Å²) >= 11 is 0. The number of nitrogens with one attached hydrogen (secondary N) is 2. The fourth-order valence-electron chi connectivity index (χ4n) is 3.99. The molecule has 1 heterocycles. The zero-order valence-electron chi connectivity index (χ0n) is 17.9. The Bertz CT molecular complexity index is 1110. The maximum Gasteiger partial charge on any atom is 0.255 e. The van der Waals surface area contributed by atoms with Gasteiger partial charge in [0, 0.05) is 5.56 Å². The van der Waals surface area contributed by atoms with Crippen molar-refractivity contribution < 1.29 is 23.7 Å². The number of carbonyl (C=O) groups excluding carboxylic acids is 1. The molecule has 1 unspecified atom stereocenters. The number of nitrogens with zero attached hydrogens (tertiary/aromatic N) is 1. The number of hydrogen-bond donors (Lipinski definition) is 2. The van der Waals surface area contributed by atoms with Crippen molar-refractivity contribution in [1.29, 1.82) is 0 Å². The highest BCUT2D eigenvalue weighted by Gasteiger charge is 2.28. The first-order valence-corrected chi connectivity index (χ1v) is 9.91. The van der Waals surface area contributed by atoms with E-state index in [0.717, 1.165) is 29.5 Å². The van der Waals surface area contributed by atoms with Crippen LogP contribution in [-0.4, -0.2) is 44.5 Å². The quantitative estimate of drug-likeness (QED) is 0.604. The average Bonchev–Trinajstić information content (AvgIpc) is 3.44. The number of H-pyrrole nitrogens is 1. The predicted octanol–water partition coefficient (Wildman–Crippen LogP) is 3.53. The standard InChI is InChI=1S/C23H25N3O5/c1-28-18-8-6-14(10-19(18)29-2)22-16(12-24-26-22)23(27)25-17-7-5-13-9-20(30-3)21(31-4)11-15(13)17/h6,8-12,17H,5,7H2,1-4H3,(H,24,26)(H,25,27). The molecule has 4 rings (SSSR count). The van der Waals surface area contributed by atoms with Gasteiger partial charge in [-0.05, 0) is 54.3 Å². The van der Waals surface area contributed by atoms with Crippen molar-refractivity contribution in [3.8, 4) is 34.3 Å². The molecule has 8 heteroatoms. The van der Waals surface area contributed by atoms with Crippen molar-refractivity contribution in [3.05, 3.63) is 53.2 Å². The van der Waals surface area contributed by atoms with Crippen LogP contribution in [0.1, 0.15) is 33.9 Å². The molecule has 0 saturated carbocycles. The lowest BCUT2D eigenvalue weighted by Crippen LogP contribution is -2.27. The normalized spacial score (nSPS) is 14.6. The van der Waals surface area contributed by atoms with Crippen LogP contribution < -0.4 is 24.3 Å². The number of ether oxygens (including phenoxy) is 4. The van der Waals surface area contributed by atoms with E-state index in [9.17, 15) is 4.79 Å². The molecule has 8 nitrogen and oxygen atoms in total. The molecule has 31 heavy (non-hydrogen) atoms. The molecule has 162 valence electrons. The Morgan fingerprint density at radius 2 is 1.65 bits per heavy atom. The van der Waals surface area contributed by atoms with Crippen LogP contribution in [0.15, 0.2) is 36.5 Å². The maximum atomic E-state index is 13.1. The number of hydrogen-bond acceptors (Lipinski definition) is 6. The van der Waals surface area contributed by atoms with Gasteiger partial charge in [-0.15, -0.1) is 0 Å². The summed E-state index contributed by atoms with van der Waals surface area (Å²) in [6, 6.07) is 9.27. The molecule has 1 aliphatic rings. The van der Waals surface area contributed by atoms with Crippen LogP contribution in [0.2, 0.25) is 0 Å². The van der Waals surface area contributed by atoms with Gasteiger partial charge in [0.2, 0.25) is 0 Å². The number of benzene rings is 2. The fourth-order valence-corrected chi connectivity index (χ4v) is 3.99. The van der Waals surface area contributed by atoms with E-state index in [1.54, 1.807) is 34.5 Å². The molecular weight excluding hydrogens is 398 g/mol. The summed E-state index contributed by atoms with van der Waals surface area (Å²) in [6.45, 7) is 0. The first-order valence-electron chi connectivity index (χ1n) is 9.91. The second-order valence-corrected chi connectivity index (χ2v) is 7.20. The fraction of sp³-hybridized carbons (Fsp3) is 0.304. The Labute approximate surface area is 180 Å². The lowest BCUT2D eigenvalue weighted by atomic mass is 10.0. The van der Waals surface area contributed by atoms with Crippen molar-refractivity contribution >= 4 is 5.91 Å². The summed E-state index contributed by atoms with van der Waals surface area (Å²) in [7, 11) is 6.38. The van der Waals surface area contributed by atoms with Crippen LogP contribution in [0, 0.1) is 0 Å². The second-order valence-electron chi connectivity index (χ2n) is 7.20. The van der Waals surface area contributed by atoms with Gasteiger partial charge in [0.25, 0.3) is 5.91 Å². The van der Waals surface area contributed by atoms with E-state index in [1.165, 1.54) is 6.20 Å². The minimum absolute atomic E-state index is 0.115. The summed E-state index contributed by atoms with van der Waals surface area (Å²) in [4.78, 5) is 13.1. The molecule has 1 aliphatic carbocycles. The molecule has 3 aromatic rings. The van der Waals surface area contributed by atoms with E-state index in [4.69, 9.17) is 18.9 Å². The molecule has 0 radical (unpaired) electrons. The SMILES string of the molecule is COc1ccc(-c2[nH]ncc2C(=O)NC2CCc3cc(OC)c(OC)cc32)cc1OC. The molecule has 0 spiro atoms. The third kappa shape index (κ3) is 3.76. The molecule has 1 aromatic heterocycles. The molecule has 1 atom stereocenters. The van der Waals surface area contributed by atoms with Gasteiger partial charge in [0.1, 0.15) is 0 Å². The molecule has 2 aromatic carbocycles. The Morgan fingerprint density at radius 1 is 0.968 bits per heavy atom. The number of aromatic nitrogens is 2.